The van der Waals surface area contributed by atoms with Crippen LogP contribution in [0.2, 0.25) is 1.41 Å². The molecule has 1 unspecified atom stereocenters. The van der Waals surface area contributed by atoms with Gasteiger partial charge in [-0.05, 0) is 12.8 Å². The number of amides is 1. The van der Waals surface area contributed by atoms with E-state index in [9.17, 15) is 9.59 Å². The lowest BCUT2D eigenvalue weighted by Crippen LogP contribution is -2.36. The predicted octanol–water partition coefficient (Wildman–Crippen LogP) is 0.168. The summed E-state index contributed by atoms with van der Waals surface area (Å²) in [5.74, 6) is -1.44. The molecule has 0 aliphatic rings. The largest absolute Gasteiger partial charge is 0.465 e. The van der Waals surface area contributed by atoms with Gasteiger partial charge in [0.05, 0.1) is 6.61 Å². The first kappa shape index (κ1) is 12.0. The summed E-state index contributed by atoms with van der Waals surface area (Å²) in [6, 6.07) is -0.792. The van der Waals surface area contributed by atoms with Crippen molar-refractivity contribution >= 4 is 11.9 Å². The van der Waals surface area contributed by atoms with E-state index in [1.165, 1.54) is 0 Å². The van der Waals surface area contributed by atoms with Crippen LogP contribution in [-0.4, -0.2) is 24.5 Å². The van der Waals surface area contributed by atoms with Crippen molar-refractivity contribution in [3.8, 4) is 0 Å². The quantitative estimate of drug-likeness (QED) is 0.448. The zero-order chi connectivity index (χ0) is 12.6. The Labute approximate surface area is 91.6 Å². The molecule has 2 atom stereocenters. The second-order valence-electron chi connectivity index (χ2n) is 3.61. The van der Waals surface area contributed by atoms with E-state index < -0.39 is 23.8 Å². The number of carbonyl (C=O) groups is 2. The first-order valence-corrected chi connectivity index (χ1v) is 5.16. The molecular formula is C10H20N2O3. The van der Waals surface area contributed by atoms with Gasteiger partial charge in [-0.25, -0.2) is 0 Å². The van der Waals surface area contributed by atoms with E-state index in [0.29, 0.717) is 6.61 Å². The van der Waals surface area contributed by atoms with Gasteiger partial charge in [-0.15, -0.1) is 0 Å². The minimum atomic E-state index is -0.792. The van der Waals surface area contributed by atoms with Gasteiger partial charge in [-0.3, -0.25) is 9.59 Å². The maximum atomic E-state index is 11.5. The monoisotopic (exact) mass is 218 g/mol. The molecule has 5 heteroatoms. The molecule has 0 aromatic rings. The molecule has 0 aliphatic heterocycles. The Morgan fingerprint density at radius 1 is 1.53 bits per heavy atom. The van der Waals surface area contributed by atoms with Crippen molar-refractivity contribution in [1.82, 2.24) is 0 Å². The molecule has 4 N–H and O–H groups in total. The van der Waals surface area contributed by atoms with Gasteiger partial charge in [0.1, 0.15) is 7.45 Å². The molecule has 0 aromatic heterocycles. The van der Waals surface area contributed by atoms with Crippen molar-refractivity contribution in [3.05, 3.63) is 0 Å². The highest BCUT2D eigenvalue weighted by molar-refractivity contribution is 5.79. The van der Waals surface area contributed by atoms with Crippen LogP contribution in [-0.2, 0) is 14.3 Å². The fourth-order valence-electron chi connectivity index (χ4n) is 0.984. The lowest BCUT2D eigenvalue weighted by molar-refractivity contribution is -0.145. The lowest BCUT2D eigenvalue weighted by atomic mass is 10.0. The second-order valence-corrected chi connectivity index (χ2v) is 3.61. The first-order valence-electron chi connectivity index (χ1n) is 5.66. The Hall–Kier alpha value is -1.10. The summed E-state index contributed by atoms with van der Waals surface area (Å²) in [5.41, 5.74) is 7.16. The average Bonchev–Trinajstić information content (AvgIpc) is 2.25. The molecule has 0 rings (SSSR count). The first-order chi connectivity index (χ1) is 7.52. The zero-order valence-corrected chi connectivity index (χ0v) is 9.29. The Bertz CT molecular complexity index is 236. The normalized spacial score (nSPS) is 15.2. The number of hydrogen-bond donors (Lipinski definition) is 2. The van der Waals surface area contributed by atoms with Crippen molar-refractivity contribution in [3.63, 3.8) is 0 Å². The van der Waals surface area contributed by atoms with Crippen LogP contribution in [0.25, 0.3) is 0 Å². The van der Waals surface area contributed by atoms with Gasteiger partial charge in [0.2, 0.25) is 5.91 Å². The molecule has 0 saturated heterocycles. The number of unbranched alkanes of at least 4 members (excludes halogenated alkanes) is 1. The van der Waals surface area contributed by atoms with Crippen LogP contribution in [0.3, 0.4) is 0 Å². The highest BCUT2D eigenvalue weighted by atomic mass is 16.5. The maximum Gasteiger partial charge on any atom is 0.322 e. The summed E-state index contributed by atoms with van der Waals surface area (Å²) in [4.78, 5) is 22.3. The van der Waals surface area contributed by atoms with Crippen molar-refractivity contribution in [2.45, 2.75) is 39.2 Å². The number of rotatable bonds is 8. The van der Waals surface area contributed by atoms with Crippen molar-refractivity contribution in [1.29, 1.82) is 0 Å². The Morgan fingerprint density at radius 3 is 2.67 bits per heavy atom. The molecule has 0 aromatic carbocycles. The summed E-state index contributed by atoms with van der Waals surface area (Å²) in [7, 11) is 0. The van der Waals surface area contributed by atoms with Gasteiger partial charge < -0.3 is 16.2 Å². The third-order valence-corrected chi connectivity index (χ3v) is 2.10. The number of nitrogens with two attached hydrogens (primary N) is 2. The Balaban J connectivity index is 4.06. The second kappa shape index (κ2) is 7.23. The summed E-state index contributed by atoms with van der Waals surface area (Å²) in [6.07, 6.45) is 1.91. The number of ether oxygens (including phenoxy) is 1. The minimum absolute atomic E-state index is 0.184. The lowest BCUT2D eigenvalue weighted by Gasteiger charge is -2.13. The van der Waals surface area contributed by atoms with Gasteiger partial charge in [0.15, 0.2) is 0 Å². The van der Waals surface area contributed by atoms with Crippen molar-refractivity contribution in [2.24, 2.45) is 17.4 Å². The van der Waals surface area contributed by atoms with Crippen LogP contribution in [0.5, 0.6) is 0 Å². The highest BCUT2D eigenvalue weighted by Crippen LogP contribution is 2.05. The summed E-state index contributed by atoms with van der Waals surface area (Å²) < 4.78 is 11.9. The van der Waals surface area contributed by atoms with Gasteiger partial charge in [-0.1, -0.05) is 20.3 Å². The fraction of sp³-hybridized carbons (Fsp3) is 0.800. The zero-order valence-electron chi connectivity index (χ0n) is 10.3. The number of primary amides is 1. The standard InChI is InChI=1S/C10H20N2O3/c1-3-4-5-15-10(14)8(11)6-7(2)9(12)13/h7-8H,3-6,11H2,1-2H3,(H2,12,13)/t7?,8-/m0/s1/i/hT. The molecule has 0 bridgehead atoms. The molecule has 0 radical (unpaired) electrons. The summed E-state index contributed by atoms with van der Waals surface area (Å²) in [6.45, 7) is 3.95. The van der Waals surface area contributed by atoms with Gasteiger partial charge in [-0.2, -0.15) is 0 Å². The van der Waals surface area contributed by atoms with Crippen LogP contribution in [0, 0.1) is 5.92 Å². The maximum absolute atomic E-state index is 11.5. The molecule has 15 heavy (non-hydrogen) atoms. The topological polar surface area (TPSA) is 95.4 Å². The molecule has 0 fully saturated rings. The van der Waals surface area contributed by atoms with E-state index in [4.69, 9.17) is 11.9 Å². The van der Waals surface area contributed by atoms with Crippen LogP contribution in [0.1, 0.15) is 33.1 Å². The highest BCUT2D eigenvalue weighted by Gasteiger charge is 2.20. The van der Waals surface area contributed by atoms with Crippen LogP contribution < -0.4 is 11.5 Å². The molecule has 1 amide bonds. The molecule has 88 valence electrons. The Morgan fingerprint density at radius 2 is 2.20 bits per heavy atom. The van der Waals surface area contributed by atoms with E-state index in [1.54, 1.807) is 6.92 Å². The van der Waals surface area contributed by atoms with E-state index in [2.05, 4.69) is 5.73 Å². The minimum Gasteiger partial charge on any atom is -0.465 e. The van der Waals surface area contributed by atoms with Gasteiger partial charge in [0.25, 0.3) is 0 Å². The summed E-state index contributed by atoms with van der Waals surface area (Å²) >= 11 is 0. The molecule has 5 nitrogen and oxygen atoms in total. The third kappa shape index (κ3) is 6.06. The molecule has 0 spiro atoms. The third-order valence-electron chi connectivity index (χ3n) is 2.10. The van der Waals surface area contributed by atoms with Crippen LogP contribution in [0.15, 0.2) is 0 Å². The molecule has 0 heterocycles. The molecular weight excluding hydrogens is 196 g/mol. The van der Waals surface area contributed by atoms with E-state index >= 15 is 0 Å². The smallest absolute Gasteiger partial charge is 0.322 e. The average molecular weight is 218 g/mol. The number of hydrogen-bond acceptors (Lipinski definition) is 4. The van der Waals surface area contributed by atoms with Crippen molar-refractivity contribution < 1.29 is 15.7 Å². The fourth-order valence-corrected chi connectivity index (χ4v) is 0.984. The molecule has 0 aliphatic carbocycles. The summed E-state index contributed by atoms with van der Waals surface area (Å²) in [5, 5.41) is 0. The van der Waals surface area contributed by atoms with E-state index in [-0.39, 0.29) is 6.42 Å². The van der Waals surface area contributed by atoms with Crippen LogP contribution in [0.4, 0.5) is 0 Å². The van der Waals surface area contributed by atoms with E-state index in [0.717, 1.165) is 12.8 Å². The van der Waals surface area contributed by atoms with E-state index in [1.807, 2.05) is 6.92 Å². The van der Waals surface area contributed by atoms with Gasteiger partial charge >= 0.3 is 5.97 Å². The van der Waals surface area contributed by atoms with Crippen LogP contribution >= 0.6 is 0 Å². The number of esters is 1. The molecule has 0 saturated carbocycles. The van der Waals surface area contributed by atoms with Gasteiger partial charge in [0, 0.05) is 5.92 Å². The predicted molar refractivity (Wildman–Crippen MR) is 56.8 cm³/mol. The number of carbonyl (C=O) groups excluding carboxylic acids is 2. The Kier molecular flexibility index (Phi) is 5.77. The van der Waals surface area contributed by atoms with Crippen molar-refractivity contribution in [2.75, 3.05) is 6.61 Å². The SMILES string of the molecule is [3H]N[C@@H](CC(C)C(N)=O)C(=O)OCCCC.